The monoisotopic (exact) mass is 355 g/mol. The van der Waals surface area contributed by atoms with E-state index in [2.05, 4.69) is 6.92 Å². The Balaban J connectivity index is 1.87. The number of hydroxylamine groups is 1. The molecule has 2 aromatic rings. The fraction of sp³-hybridized carbons (Fsp3) is 0.300. The van der Waals surface area contributed by atoms with Gasteiger partial charge in [0.25, 0.3) is 0 Å². The molecule has 0 aliphatic heterocycles. The Morgan fingerprint density at radius 1 is 1.19 bits per heavy atom. The number of hydrogen-bond donors (Lipinski definition) is 2. The molecule has 1 aliphatic rings. The van der Waals surface area contributed by atoms with E-state index in [1.165, 1.54) is 12.7 Å². The zero-order valence-corrected chi connectivity index (χ0v) is 14.7. The van der Waals surface area contributed by atoms with Crippen LogP contribution in [0.15, 0.2) is 48.5 Å². The van der Waals surface area contributed by atoms with Gasteiger partial charge in [-0.05, 0) is 48.2 Å². The highest BCUT2D eigenvalue weighted by Crippen LogP contribution is 2.55. The van der Waals surface area contributed by atoms with E-state index in [1.54, 1.807) is 29.7 Å². The molecule has 1 aliphatic carbocycles. The van der Waals surface area contributed by atoms with Crippen molar-refractivity contribution < 1.29 is 24.3 Å². The molecule has 2 N–H and O–H groups in total. The van der Waals surface area contributed by atoms with Gasteiger partial charge in [0.15, 0.2) is 0 Å². The number of rotatable bonds is 6. The molecule has 0 radical (unpaired) electrons. The standard InChI is InChI=1S/C20H21NO5/c1-3-13-7-9-15(10-8-13)26-16-6-4-5-14(11-16)20(19(23)25-2)12-17(20)18(22)21-24/h4-11,17,24H,3,12H2,1-2H3,(H,21,22). The Kier molecular flexibility index (Phi) is 4.95. The molecule has 1 saturated carbocycles. The first kappa shape index (κ1) is 17.9. The average Bonchev–Trinajstić information content (AvgIpc) is 3.44. The van der Waals surface area contributed by atoms with Crippen LogP contribution in [0.3, 0.4) is 0 Å². The lowest BCUT2D eigenvalue weighted by molar-refractivity contribution is -0.146. The zero-order valence-electron chi connectivity index (χ0n) is 14.7. The summed E-state index contributed by atoms with van der Waals surface area (Å²) in [6.45, 7) is 2.08. The second-order valence-corrected chi connectivity index (χ2v) is 6.32. The van der Waals surface area contributed by atoms with Crippen LogP contribution in [-0.4, -0.2) is 24.2 Å². The van der Waals surface area contributed by atoms with E-state index in [0.717, 1.165) is 6.42 Å². The minimum absolute atomic E-state index is 0.278. The van der Waals surface area contributed by atoms with Crippen molar-refractivity contribution in [3.8, 4) is 11.5 Å². The maximum Gasteiger partial charge on any atom is 0.317 e. The molecule has 2 aromatic carbocycles. The molecule has 1 fully saturated rings. The summed E-state index contributed by atoms with van der Waals surface area (Å²) < 4.78 is 10.8. The largest absolute Gasteiger partial charge is 0.468 e. The summed E-state index contributed by atoms with van der Waals surface area (Å²) in [4.78, 5) is 24.2. The number of hydrogen-bond acceptors (Lipinski definition) is 5. The third kappa shape index (κ3) is 3.15. The van der Waals surface area contributed by atoms with Gasteiger partial charge in [-0.3, -0.25) is 14.8 Å². The van der Waals surface area contributed by atoms with Crippen molar-refractivity contribution in [3.63, 3.8) is 0 Å². The van der Waals surface area contributed by atoms with Crippen molar-refractivity contribution >= 4 is 11.9 Å². The highest BCUT2D eigenvalue weighted by Gasteiger charge is 2.65. The first-order valence-electron chi connectivity index (χ1n) is 8.45. The van der Waals surface area contributed by atoms with Crippen LogP contribution in [0, 0.1) is 5.92 Å². The molecule has 2 unspecified atom stereocenters. The number of carbonyl (C=O) groups is 2. The second-order valence-electron chi connectivity index (χ2n) is 6.32. The van der Waals surface area contributed by atoms with E-state index >= 15 is 0 Å². The van der Waals surface area contributed by atoms with E-state index in [4.69, 9.17) is 14.7 Å². The molecule has 0 aromatic heterocycles. The molecule has 26 heavy (non-hydrogen) atoms. The quantitative estimate of drug-likeness (QED) is 0.473. The zero-order chi connectivity index (χ0) is 18.7. The fourth-order valence-corrected chi connectivity index (χ4v) is 3.27. The van der Waals surface area contributed by atoms with Crippen LogP contribution in [0.1, 0.15) is 24.5 Å². The van der Waals surface area contributed by atoms with Gasteiger partial charge in [-0.15, -0.1) is 0 Å². The van der Waals surface area contributed by atoms with Gasteiger partial charge in [0.2, 0.25) is 5.91 Å². The Bertz CT molecular complexity index is 817. The molecular weight excluding hydrogens is 334 g/mol. The van der Waals surface area contributed by atoms with Gasteiger partial charge < -0.3 is 9.47 Å². The van der Waals surface area contributed by atoms with Crippen molar-refractivity contribution in [1.82, 2.24) is 5.48 Å². The highest BCUT2D eigenvalue weighted by atomic mass is 16.5. The topological polar surface area (TPSA) is 84.9 Å². The molecule has 0 saturated heterocycles. The summed E-state index contributed by atoms with van der Waals surface area (Å²) in [6, 6.07) is 14.8. The molecular formula is C20H21NO5. The van der Waals surface area contributed by atoms with Gasteiger partial charge in [-0.2, -0.15) is 0 Å². The third-order valence-corrected chi connectivity index (χ3v) is 4.85. The normalized spacial score (nSPS) is 21.0. The summed E-state index contributed by atoms with van der Waals surface area (Å²) >= 11 is 0. The summed E-state index contributed by atoms with van der Waals surface area (Å²) in [5, 5.41) is 8.89. The van der Waals surface area contributed by atoms with Gasteiger partial charge in [0.05, 0.1) is 13.0 Å². The van der Waals surface area contributed by atoms with Crippen LogP contribution < -0.4 is 10.2 Å². The molecule has 2 atom stereocenters. The summed E-state index contributed by atoms with van der Waals surface area (Å²) in [7, 11) is 1.28. The van der Waals surface area contributed by atoms with Gasteiger partial charge in [-0.1, -0.05) is 31.2 Å². The SMILES string of the molecule is CCc1ccc(Oc2cccc(C3(C(=O)OC)CC3C(=O)NO)c2)cc1. The smallest absolute Gasteiger partial charge is 0.317 e. The van der Waals surface area contributed by atoms with Crippen molar-refractivity contribution in [1.29, 1.82) is 0 Å². The van der Waals surface area contributed by atoms with Crippen LogP contribution in [-0.2, 0) is 26.2 Å². The van der Waals surface area contributed by atoms with Gasteiger partial charge >= 0.3 is 5.97 Å². The number of carbonyl (C=O) groups excluding carboxylic acids is 2. The predicted molar refractivity (Wildman–Crippen MR) is 94.1 cm³/mol. The first-order chi connectivity index (χ1) is 12.5. The Hall–Kier alpha value is -2.86. The fourth-order valence-electron chi connectivity index (χ4n) is 3.27. The predicted octanol–water partition coefficient (Wildman–Crippen LogP) is 2.98. The first-order valence-corrected chi connectivity index (χ1v) is 8.45. The average molecular weight is 355 g/mol. The third-order valence-electron chi connectivity index (χ3n) is 4.85. The van der Waals surface area contributed by atoms with Crippen molar-refractivity contribution in [2.24, 2.45) is 5.92 Å². The molecule has 0 heterocycles. The lowest BCUT2D eigenvalue weighted by Gasteiger charge is -2.16. The van der Waals surface area contributed by atoms with E-state index in [0.29, 0.717) is 17.1 Å². The Labute approximate surface area is 151 Å². The van der Waals surface area contributed by atoms with Crippen molar-refractivity contribution in [3.05, 3.63) is 59.7 Å². The van der Waals surface area contributed by atoms with E-state index < -0.39 is 23.2 Å². The molecule has 1 amide bonds. The highest BCUT2D eigenvalue weighted by molar-refractivity contribution is 5.97. The van der Waals surface area contributed by atoms with Crippen LogP contribution in [0.5, 0.6) is 11.5 Å². The number of ether oxygens (including phenoxy) is 2. The lowest BCUT2D eigenvalue weighted by atomic mass is 9.92. The van der Waals surface area contributed by atoms with Gasteiger partial charge in [0.1, 0.15) is 16.9 Å². The number of methoxy groups -OCH3 is 1. The lowest BCUT2D eigenvalue weighted by Crippen LogP contribution is -2.31. The maximum absolute atomic E-state index is 12.3. The van der Waals surface area contributed by atoms with Crippen LogP contribution in [0.25, 0.3) is 0 Å². The van der Waals surface area contributed by atoms with Gasteiger partial charge in [0, 0.05) is 0 Å². The van der Waals surface area contributed by atoms with Gasteiger partial charge in [-0.25, -0.2) is 5.48 Å². The second kappa shape index (κ2) is 7.17. The molecule has 6 heteroatoms. The van der Waals surface area contributed by atoms with Crippen LogP contribution >= 0.6 is 0 Å². The number of benzene rings is 2. The summed E-state index contributed by atoms with van der Waals surface area (Å²) in [5.74, 6) is -0.525. The molecule has 6 nitrogen and oxygen atoms in total. The van der Waals surface area contributed by atoms with Crippen molar-refractivity contribution in [2.75, 3.05) is 7.11 Å². The minimum atomic E-state index is -1.09. The maximum atomic E-state index is 12.3. The molecule has 0 bridgehead atoms. The summed E-state index contributed by atoms with van der Waals surface area (Å²) in [6.07, 6.45) is 1.23. The number of aryl methyl sites for hydroxylation is 1. The Morgan fingerprint density at radius 3 is 2.54 bits per heavy atom. The number of amides is 1. The van der Waals surface area contributed by atoms with Crippen molar-refractivity contribution in [2.45, 2.75) is 25.2 Å². The van der Waals surface area contributed by atoms with E-state index in [9.17, 15) is 9.59 Å². The number of nitrogens with one attached hydrogen (secondary N) is 1. The van der Waals surface area contributed by atoms with Crippen LogP contribution in [0.2, 0.25) is 0 Å². The molecule has 0 spiro atoms. The number of esters is 1. The van der Waals surface area contributed by atoms with Crippen LogP contribution in [0.4, 0.5) is 0 Å². The molecule has 136 valence electrons. The summed E-state index contributed by atoms with van der Waals surface area (Å²) in [5.41, 5.74) is 2.37. The van der Waals surface area contributed by atoms with E-state index in [1.807, 2.05) is 24.3 Å². The molecule has 3 rings (SSSR count). The van der Waals surface area contributed by atoms with E-state index in [-0.39, 0.29) is 6.42 Å². The Morgan fingerprint density at radius 2 is 1.92 bits per heavy atom. The minimum Gasteiger partial charge on any atom is -0.468 e.